The van der Waals surface area contributed by atoms with Gasteiger partial charge in [0.25, 0.3) is 0 Å². The van der Waals surface area contributed by atoms with Gasteiger partial charge >= 0.3 is 0 Å². The van der Waals surface area contributed by atoms with Crippen LogP contribution in [0.1, 0.15) is 30.9 Å². The van der Waals surface area contributed by atoms with Gasteiger partial charge in [-0.1, -0.05) is 55.3 Å². The van der Waals surface area contributed by atoms with E-state index in [0.717, 1.165) is 0 Å². The summed E-state index contributed by atoms with van der Waals surface area (Å²) in [6.07, 6.45) is 3.77. The molecule has 0 unspecified atom stereocenters. The first kappa shape index (κ1) is 10.2. The standard InChI is InChI=1S/C15H18/c1-3-4-5-13-7-9-14-10-12(2)6-8-15(14)11-13/h6-11H,3-5H2,1-2H3. The molecule has 0 heteroatoms. The molecule has 0 fully saturated rings. The highest BCUT2D eigenvalue weighted by Gasteiger charge is 1.96. The smallest absolute Gasteiger partial charge is 0.0181 e. The van der Waals surface area contributed by atoms with Crippen molar-refractivity contribution >= 4 is 10.8 Å². The van der Waals surface area contributed by atoms with E-state index in [1.165, 1.54) is 41.2 Å². The summed E-state index contributed by atoms with van der Waals surface area (Å²) in [6, 6.07) is 13.5. The van der Waals surface area contributed by atoms with Gasteiger partial charge in [-0.3, -0.25) is 0 Å². The Labute approximate surface area is 91.9 Å². The van der Waals surface area contributed by atoms with Gasteiger partial charge in [0.05, 0.1) is 0 Å². The first-order chi connectivity index (χ1) is 7.29. The third kappa shape index (κ3) is 2.38. The molecular weight excluding hydrogens is 180 g/mol. The van der Waals surface area contributed by atoms with Crippen LogP contribution in [0.15, 0.2) is 36.4 Å². The molecule has 0 aliphatic rings. The highest BCUT2D eigenvalue weighted by molar-refractivity contribution is 5.83. The molecule has 0 amide bonds. The van der Waals surface area contributed by atoms with Crippen molar-refractivity contribution in [2.24, 2.45) is 0 Å². The molecule has 2 aromatic rings. The quantitative estimate of drug-likeness (QED) is 0.681. The minimum atomic E-state index is 1.21. The molecule has 0 saturated carbocycles. The molecule has 0 saturated heterocycles. The second-order valence-corrected chi connectivity index (χ2v) is 4.29. The molecule has 0 aromatic heterocycles. The maximum atomic E-state index is 2.32. The Morgan fingerprint density at radius 3 is 2.47 bits per heavy atom. The van der Waals surface area contributed by atoms with Crippen molar-refractivity contribution in [1.29, 1.82) is 0 Å². The zero-order valence-electron chi connectivity index (χ0n) is 9.59. The summed E-state index contributed by atoms with van der Waals surface area (Å²) >= 11 is 0. The van der Waals surface area contributed by atoms with E-state index in [1.807, 2.05) is 0 Å². The molecule has 0 heterocycles. The Hall–Kier alpha value is -1.30. The predicted octanol–water partition coefficient (Wildman–Crippen LogP) is 4.49. The highest BCUT2D eigenvalue weighted by Crippen LogP contribution is 2.18. The van der Waals surface area contributed by atoms with E-state index in [9.17, 15) is 0 Å². The fourth-order valence-corrected chi connectivity index (χ4v) is 1.95. The summed E-state index contributed by atoms with van der Waals surface area (Å²) in [7, 11) is 0. The van der Waals surface area contributed by atoms with Crippen molar-refractivity contribution in [3.63, 3.8) is 0 Å². The van der Waals surface area contributed by atoms with Gasteiger partial charge in [-0.2, -0.15) is 0 Å². The van der Waals surface area contributed by atoms with Gasteiger partial charge in [0.15, 0.2) is 0 Å². The fraction of sp³-hybridized carbons (Fsp3) is 0.333. The fourth-order valence-electron chi connectivity index (χ4n) is 1.95. The van der Waals surface area contributed by atoms with Crippen LogP contribution in [0, 0.1) is 6.92 Å². The van der Waals surface area contributed by atoms with Crippen molar-refractivity contribution in [2.45, 2.75) is 33.1 Å². The van der Waals surface area contributed by atoms with E-state index in [0.29, 0.717) is 0 Å². The average Bonchev–Trinajstić information content (AvgIpc) is 2.26. The number of benzene rings is 2. The Balaban J connectivity index is 2.34. The van der Waals surface area contributed by atoms with Crippen LogP contribution in [0.2, 0.25) is 0 Å². The van der Waals surface area contributed by atoms with E-state index >= 15 is 0 Å². The molecule has 0 aliphatic carbocycles. The Morgan fingerprint density at radius 2 is 1.67 bits per heavy atom. The van der Waals surface area contributed by atoms with Crippen LogP contribution in [0.25, 0.3) is 10.8 Å². The lowest BCUT2D eigenvalue weighted by Crippen LogP contribution is -1.85. The molecule has 2 rings (SSSR count). The number of fused-ring (bicyclic) bond motifs is 1. The van der Waals surface area contributed by atoms with E-state index in [1.54, 1.807) is 0 Å². The van der Waals surface area contributed by atoms with Crippen LogP contribution in [0.5, 0.6) is 0 Å². The lowest BCUT2D eigenvalue weighted by atomic mass is 10.0. The van der Waals surface area contributed by atoms with Crippen molar-refractivity contribution < 1.29 is 0 Å². The monoisotopic (exact) mass is 198 g/mol. The van der Waals surface area contributed by atoms with Crippen LogP contribution in [0.3, 0.4) is 0 Å². The molecule has 0 spiro atoms. The maximum absolute atomic E-state index is 2.32. The average molecular weight is 198 g/mol. The van der Waals surface area contributed by atoms with Crippen molar-refractivity contribution in [1.82, 2.24) is 0 Å². The molecule has 0 aliphatic heterocycles. The Kier molecular flexibility index (Phi) is 3.05. The van der Waals surface area contributed by atoms with Gasteiger partial charge in [0.2, 0.25) is 0 Å². The minimum Gasteiger partial charge on any atom is -0.0654 e. The zero-order valence-corrected chi connectivity index (χ0v) is 9.59. The first-order valence-corrected chi connectivity index (χ1v) is 5.79. The van der Waals surface area contributed by atoms with Crippen molar-refractivity contribution in [3.05, 3.63) is 47.5 Å². The zero-order chi connectivity index (χ0) is 10.7. The topological polar surface area (TPSA) is 0 Å². The van der Waals surface area contributed by atoms with Crippen LogP contribution in [-0.4, -0.2) is 0 Å². The number of aryl methyl sites for hydroxylation is 2. The van der Waals surface area contributed by atoms with E-state index in [4.69, 9.17) is 0 Å². The molecule has 78 valence electrons. The van der Waals surface area contributed by atoms with E-state index < -0.39 is 0 Å². The van der Waals surface area contributed by atoms with Gasteiger partial charge in [-0.05, 0) is 36.1 Å². The predicted molar refractivity (Wildman–Crippen MR) is 67.3 cm³/mol. The third-order valence-electron chi connectivity index (χ3n) is 2.88. The summed E-state index contributed by atoms with van der Waals surface area (Å²) < 4.78 is 0. The lowest BCUT2D eigenvalue weighted by molar-refractivity contribution is 0.796. The largest absolute Gasteiger partial charge is 0.0654 e. The summed E-state index contributed by atoms with van der Waals surface area (Å²) in [4.78, 5) is 0. The van der Waals surface area contributed by atoms with Crippen LogP contribution >= 0.6 is 0 Å². The summed E-state index contributed by atoms with van der Waals surface area (Å²) in [5.74, 6) is 0. The summed E-state index contributed by atoms with van der Waals surface area (Å²) in [6.45, 7) is 4.38. The molecule has 2 aromatic carbocycles. The molecule has 0 radical (unpaired) electrons. The van der Waals surface area contributed by atoms with E-state index in [2.05, 4.69) is 50.2 Å². The Morgan fingerprint density at radius 1 is 0.933 bits per heavy atom. The van der Waals surface area contributed by atoms with E-state index in [-0.39, 0.29) is 0 Å². The van der Waals surface area contributed by atoms with Crippen LogP contribution in [0.4, 0.5) is 0 Å². The molecule has 0 bridgehead atoms. The molecule has 0 nitrogen and oxygen atoms in total. The molecular formula is C15H18. The SMILES string of the molecule is CCCCc1ccc2cc(C)ccc2c1. The molecule has 0 atom stereocenters. The maximum Gasteiger partial charge on any atom is -0.0181 e. The van der Waals surface area contributed by atoms with Gasteiger partial charge < -0.3 is 0 Å². The van der Waals surface area contributed by atoms with Gasteiger partial charge in [0.1, 0.15) is 0 Å². The number of hydrogen-bond donors (Lipinski definition) is 0. The summed E-state index contributed by atoms with van der Waals surface area (Å²) in [5.41, 5.74) is 2.80. The Bertz CT molecular complexity index is 455. The van der Waals surface area contributed by atoms with Gasteiger partial charge in [0, 0.05) is 0 Å². The molecule has 0 N–H and O–H groups in total. The van der Waals surface area contributed by atoms with Gasteiger partial charge in [-0.25, -0.2) is 0 Å². The second-order valence-electron chi connectivity index (χ2n) is 4.29. The molecule has 15 heavy (non-hydrogen) atoms. The van der Waals surface area contributed by atoms with Crippen LogP contribution < -0.4 is 0 Å². The summed E-state index contributed by atoms with van der Waals surface area (Å²) in [5, 5.41) is 2.73. The number of rotatable bonds is 3. The third-order valence-corrected chi connectivity index (χ3v) is 2.88. The lowest BCUT2D eigenvalue weighted by Gasteiger charge is -2.03. The van der Waals surface area contributed by atoms with Gasteiger partial charge in [-0.15, -0.1) is 0 Å². The second kappa shape index (κ2) is 4.48. The normalized spacial score (nSPS) is 10.8. The first-order valence-electron chi connectivity index (χ1n) is 5.79. The van der Waals surface area contributed by atoms with Crippen molar-refractivity contribution in [3.8, 4) is 0 Å². The minimum absolute atomic E-state index is 1.21. The number of unbranched alkanes of at least 4 members (excludes halogenated alkanes) is 1. The van der Waals surface area contributed by atoms with Crippen LogP contribution in [-0.2, 0) is 6.42 Å². The van der Waals surface area contributed by atoms with Crippen molar-refractivity contribution in [2.75, 3.05) is 0 Å². The highest BCUT2D eigenvalue weighted by atomic mass is 14.0. The number of hydrogen-bond acceptors (Lipinski definition) is 0.